The molecule has 0 radical (unpaired) electrons. The molecule has 1 fully saturated rings. The number of hydrogen-bond donors (Lipinski definition) is 1. The number of nitrogens with two attached hydrogens (primary N) is 1. The number of rotatable bonds is 2. The molecule has 1 aromatic carbocycles. The molecule has 1 atom stereocenters. The summed E-state index contributed by atoms with van der Waals surface area (Å²) in [4.78, 5) is 24.7. The fourth-order valence-electron chi connectivity index (χ4n) is 1.88. The Morgan fingerprint density at radius 1 is 1.44 bits per heavy atom. The molecule has 0 aromatic heterocycles. The number of carbonyl (C=O) groups is 2. The first kappa shape index (κ1) is 10.8. The molecular formula is C12H14N2O2. The minimum absolute atomic E-state index is 0.126. The van der Waals surface area contributed by atoms with Crippen LogP contribution in [0.3, 0.4) is 0 Å². The van der Waals surface area contributed by atoms with Crippen LogP contribution in [0.25, 0.3) is 0 Å². The van der Waals surface area contributed by atoms with E-state index in [1.54, 1.807) is 25.1 Å². The summed E-state index contributed by atoms with van der Waals surface area (Å²) in [7, 11) is 0. The molecule has 0 bridgehead atoms. The molecular weight excluding hydrogens is 204 g/mol. The molecule has 4 heteroatoms. The number of hydrogen-bond acceptors (Lipinski definition) is 3. The Hall–Kier alpha value is -1.68. The van der Waals surface area contributed by atoms with Crippen molar-refractivity contribution in [2.45, 2.75) is 19.9 Å². The first-order chi connectivity index (χ1) is 7.63. The second kappa shape index (κ2) is 4.06. The van der Waals surface area contributed by atoms with Crippen LogP contribution in [-0.4, -0.2) is 11.8 Å². The largest absolute Gasteiger partial charge is 0.326 e. The van der Waals surface area contributed by atoms with Gasteiger partial charge in [-0.1, -0.05) is 19.1 Å². The number of imide groups is 1. The van der Waals surface area contributed by atoms with Gasteiger partial charge in [0.2, 0.25) is 11.8 Å². The van der Waals surface area contributed by atoms with Crippen molar-refractivity contribution < 1.29 is 9.59 Å². The highest BCUT2D eigenvalue weighted by molar-refractivity contribution is 6.20. The zero-order valence-electron chi connectivity index (χ0n) is 9.14. The number of anilines is 1. The predicted molar refractivity (Wildman–Crippen MR) is 60.6 cm³/mol. The van der Waals surface area contributed by atoms with Crippen LogP contribution in [0.5, 0.6) is 0 Å². The zero-order chi connectivity index (χ0) is 11.7. The third kappa shape index (κ3) is 1.72. The van der Waals surface area contributed by atoms with Gasteiger partial charge in [-0.15, -0.1) is 0 Å². The van der Waals surface area contributed by atoms with Crippen LogP contribution in [0, 0.1) is 5.92 Å². The van der Waals surface area contributed by atoms with Crippen molar-refractivity contribution in [1.29, 1.82) is 0 Å². The number of nitrogens with zero attached hydrogens (tertiary/aromatic N) is 1. The van der Waals surface area contributed by atoms with E-state index in [9.17, 15) is 9.59 Å². The molecule has 1 aliphatic rings. The molecule has 84 valence electrons. The molecule has 1 heterocycles. The zero-order valence-corrected chi connectivity index (χ0v) is 9.14. The van der Waals surface area contributed by atoms with Crippen molar-refractivity contribution in [2.24, 2.45) is 11.7 Å². The Morgan fingerprint density at radius 3 is 2.75 bits per heavy atom. The summed E-state index contributed by atoms with van der Waals surface area (Å²) in [5.74, 6) is -0.472. The van der Waals surface area contributed by atoms with Gasteiger partial charge in [-0.05, 0) is 17.7 Å². The summed E-state index contributed by atoms with van der Waals surface area (Å²) in [6, 6.07) is 7.22. The van der Waals surface area contributed by atoms with E-state index in [1.165, 1.54) is 4.90 Å². The van der Waals surface area contributed by atoms with E-state index in [-0.39, 0.29) is 17.7 Å². The van der Waals surface area contributed by atoms with E-state index in [0.29, 0.717) is 18.7 Å². The summed E-state index contributed by atoms with van der Waals surface area (Å²) in [5.41, 5.74) is 7.07. The maximum absolute atomic E-state index is 11.8. The quantitative estimate of drug-likeness (QED) is 0.754. The SMILES string of the molecule is CC1CC(=O)N(c2cccc(CN)c2)C1=O. The average Bonchev–Trinajstić information content (AvgIpc) is 2.53. The highest BCUT2D eigenvalue weighted by Gasteiger charge is 2.36. The maximum atomic E-state index is 11.8. The fourth-order valence-corrected chi connectivity index (χ4v) is 1.88. The molecule has 2 N–H and O–H groups in total. The van der Waals surface area contributed by atoms with Gasteiger partial charge in [-0.3, -0.25) is 14.5 Å². The molecule has 1 unspecified atom stereocenters. The summed E-state index contributed by atoms with van der Waals surface area (Å²) in [6.45, 7) is 2.17. The van der Waals surface area contributed by atoms with E-state index in [1.807, 2.05) is 6.07 Å². The van der Waals surface area contributed by atoms with Gasteiger partial charge in [-0.2, -0.15) is 0 Å². The molecule has 0 saturated carbocycles. The second-order valence-corrected chi connectivity index (χ2v) is 4.05. The van der Waals surface area contributed by atoms with E-state index in [2.05, 4.69) is 0 Å². The Balaban J connectivity index is 2.36. The van der Waals surface area contributed by atoms with Crippen LogP contribution in [0.2, 0.25) is 0 Å². The van der Waals surface area contributed by atoms with Crippen LogP contribution < -0.4 is 10.6 Å². The van der Waals surface area contributed by atoms with Gasteiger partial charge in [0.1, 0.15) is 0 Å². The van der Waals surface area contributed by atoms with Crippen molar-refractivity contribution >= 4 is 17.5 Å². The molecule has 1 aromatic rings. The highest BCUT2D eigenvalue weighted by atomic mass is 16.2. The average molecular weight is 218 g/mol. The molecule has 0 aliphatic carbocycles. The number of benzene rings is 1. The van der Waals surface area contributed by atoms with Gasteiger partial charge in [0.15, 0.2) is 0 Å². The van der Waals surface area contributed by atoms with Gasteiger partial charge in [0, 0.05) is 18.9 Å². The maximum Gasteiger partial charge on any atom is 0.237 e. The lowest BCUT2D eigenvalue weighted by atomic mass is 10.1. The third-order valence-electron chi connectivity index (χ3n) is 2.78. The first-order valence-electron chi connectivity index (χ1n) is 5.29. The Labute approximate surface area is 94.0 Å². The van der Waals surface area contributed by atoms with Crippen LogP contribution in [0.15, 0.2) is 24.3 Å². The standard InChI is InChI=1S/C12H14N2O2/c1-8-5-11(15)14(12(8)16)10-4-2-3-9(6-10)7-13/h2-4,6,8H,5,7,13H2,1H3. The third-order valence-corrected chi connectivity index (χ3v) is 2.78. The lowest BCUT2D eigenvalue weighted by molar-refractivity contribution is -0.122. The van der Waals surface area contributed by atoms with Crippen LogP contribution >= 0.6 is 0 Å². The summed E-state index contributed by atoms with van der Waals surface area (Å²) in [6.07, 6.45) is 0.297. The highest BCUT2D eigenvalue weighted by Crippen LogP contribution is 2.26. The minimum Gasteiger partial charge on any atom is -0.326 e. The Kier molecular flexibility index (Phi) is 2.75. The molecule has 4 nitrogen and oxygen atoms in total. The second-order valence-electron chi connectivity index (χ2n) is 4.05. The topological polar surface area (TPSA) is 63.4 Å². The molecule has 1 saturated heterocycles. The van der Waals surface area contributed by atoms with Gasteiger partial charge < -0.3 is 5.73 Å². The normalized spacial score (nSPS) is 20.6. The van der Waals surface area contributed by atoms with Crippen molar-refractivity contribution in [3.63, 3.8) is 0 Å². The van der Waals surface area contributed by atoms with Crippen LogP contribution in [0.4, 0.5) is 5.69 Å². The first-order valence-corrected chi connectivity index (χ1v) is 5.29. The van der Waals surface area contributed by atoms with E-state index in [4.69, 9.17) is 5.73 Å². The molecule has 16 heavy (non-hydrogen) atoms. The van der Waals surface area contributed by atoms with E-state index < -0.39 is 0 Å². The van der Waals surface area contributed by atoms with Crippen molar-refractivity contribution in [2.75, 3.05) is 4.90 Å². The van der Waals surface area contributed by atoms with Crippen molar-refractivity contribution in [1.82, 2.24) is 0 Å². The van der Waals surface area contributed by atoms with E-state index in [0.717, 1.165) is 5.56 Å². The molecule has 0 spiro atoms. The van der Waals surface area contributed by atoms with E-state index >= 15 is 0 Å². The summed E-state index contributed by atoms with van der Waals surface area (Å²) in [5, 5.41) is 0. The van der Waals surface area contributed by atoms with Crippen LogP contribution in [-0.2, 0) is 16.1 Å². The number of carbonyl (C=O) groups excluding carboxylic acids is 2. The lowest BCUT2D eigenvalue weighted by Crippen LogP contribution is -2.30. The lowest BCUT2D eigenvalue weighted by Gasteiger charge is -2.15. The molecule has 1 aliphatic heterocycles. The fraction of sp³-hybridized carbons (Fsp3) is 0.333. The van der Waals surface area contributed by atoms with Gasteiger partial charge in [-0.25, -0.2) is 0 Å². The Morgan fingerprint density at radius 2 is 2.19 bits per heavy atom. The molecule has 2 amide bonds. The predicted octanol–water partition coefficient (Wildman–Crippen LogP) is 1.04. The smallest absolute Gasteiger partial charge is 0.237 e. The monoisotopic (exact) mass is 218 g/mol. The van der Waals surface area contributed by atoms with Crippen molar-refractivity contribution in [3.05, 3.63) is 29.8 Å². The summed E-state index contributed by atoms with van der Waals surface area (Å²) < 4.78 is 0. The van der Waals surface area contributed by atoms with Crippen LogP contribution in [0.1, 0.15) is 18.9 Å². The van der Waals surface area contributed by atoms with Gasteiger partial charge >= 0.3 is 0 Å². The Bertz CT molecular complexity index is 442. The number of amides is 2. The summed E-state index contributed by atoms with van der Waals surface area (Å²) >= 11 is 0. The molecule has 2 rings (SSSR count). The van der Waals surface area contributed by atoms with Gasteiger partial charge in [0.05, 0.1) is 5.69 Å². The minimum atomic E-state index is -0.214. The van der Waals surface area contributed by atoms with Gasteiger partial charge in [0.25, 0.3) is 0 Å². The van der Waals surface area contributed by atoms with Crippen molar-refractivity contribution in [3.8, 4) is 0 Å².